The zero-order valence-corrected chi connectivity index (χ0v) is 42.3. The van der Waals surface area contributed by atoms with Crippen LogP contribution in [0.25, 0.3) is 0 Å². The van der Waals surface area contributed by atoms with E-state index in [-0.39, 0.29) is 19.1 Å². The number of aliphatic hydroxyl groups excluding tert-OH is 1. The summed E-state index contributed by atoms with van der Waals surface area (Å²) >= 11 is 0. The average molecular weight is 894 g/mol. The Kier molecular flexibility index (Phi) is 43.5. The quantitative estimate of drug-likeness (QED) is 0.0243. The molecule has 9 heteroatoms. The molecule has 0 radical (unpaired) electrons. The number of allylic oxidation sites excluding steroid dienone is 7. The number of nitrogens with one attached hydrogen (secondary N) is 1. The summed E-state index contributed by atoms with van der Waals surface area (Å²) in [4.78, 5) is 23.1. The predicted octanol–water partition coefficient (Wildman–Crippen LogP) is 15.2. The highest BCUT2D eigenvalue weighted by Crippen LogP contribution is 2.43. The van der Waals surface area contributed by atoms with E-state index in [0.717, 1.165) is 64.2 Å². The molecule has 364 valence electrons. The standard InChI is InChI=1S/C53H101N2O6P/c1-6-8-10-12-14-16-18-20-21-22-23-24-25-26-27-28-29-30-31-32-33-35-36-38-40-42-44-46-52(56)51(50-61-62(58,59)60-49-48-55(3,4)5)54-53(57)47-45-43-41-39-37-34-19-17-15-13-11-9-7-2/h9,11,15,17,34,37,44,46,51-52,56H,6-8,10,12-14,16,18-33,35-36,38-43,45,47-50H2,1-5H3,(H-,54,57,58,59)/p+1/b11-9-,17-15-,37-34-,46-44+. The second kappa shape index (κ2) is 44.7. The zero-order valence-electron chi connectivity index (χ0n) is 41.4. The first-order valence-electron chi connectivity index (χ1n) is 26.0. The summed E-state index contributed by atoms with van der Waals surface area (Å²) in [6.45, 7) is 4.69. The second-order valence-electron chi connectivity index (χ2n) is 18.9. The molecule has 0 aromatic carbocycles. The van der Waals surface area contributed by atoms with Gasteiger partial charge in [-0.3, -0.25) is 13.8 Å². The lowest BCUT2D eigenvalue weighted by molar-refractivity contribution is -0.870. The highest BCUT2D eigenvalue weighted by molar-refractivity contribution is 7.47. The van der Waals surface area contributed by atoms with Gasteiger partial charge >= 0.3 is 7.82 Å². The van der Waals surface area contributed by atoms with Crippen LogP contribution in [0.15, 0.2) is 48.6 Å². The van der Waals surface area contributed by atoms with Crippen LogP contribution in [0.1, 0.15) is 232 Å². The van der Waals surface area contributed by atoms with Gasteiger partial charge in [0.05, 0.1) is 39.9 Å². The summed E-state index contributed by atoms with van der Waals surface area (Å²) in [5.41, 5.74) is 0. The summed E-state index contributed by atoms with van der Waals surface area (Å²) in [5, 5.41) is 13.9. The Labute approximate surface area is 384 Å². The molecule has 0 aliphatic rings. The van der Waals surface area contributed by atoms with Crippen molar-refractivity contribution in [3.05, 3.63) is 48.6 Å². The molecule has 0 aromatic heterocycles. The number of quaternary nitrogens is 1. The van der Waals surface area contributed by atoms with Gasteiger partial charge in [0.2, 0.25) is 5.91 Å². The normalized spacial score (nSPS) is 14.5. The number of aliphatic hydroxyl groups is 1. The number of unbranched alkanes of at least 4 members (excludes halogenated alkanes) is 28. The van der Waals surface area contributed by atoms with Gasteiger partial charge in [-0.2, -0.15) is 0 Å². The Balaban J connectivity index is 4.20. The first kappa shape index (κ1) is 60.5. The summed E-state index contributed by atoms with van der Waals surface area (Å²) in [5.74, 6) is -0.206. The van der Waals surface area contributed by atoms with E-state index in [1.807, 2.05) is 27.2 Å². The minimum atomic E-state index is -4.35. The van der Waals surface area contributed by atoms with Crippen LogP contribution in [0.2, 0.25) is 0 Å². The van der Waals surface area contributed by atoms with E-state index in [4.69, 9.17) is 9.05 Å². The summed E-state index contributed by atoms with van der Waals surface area (Å²) in [6.07, 6.45) is 57.9. The summed E-state index contributed by atoms with van der Waals surface area (Å²) in [6, 6.07) is -0.862. The van der Waals surface area contributed by atoms with Crippen LogP contribution in [0.3, 0.4) is 0 Å². The number of carbonyl (C=O) groups excluding carboxylic acids is 1. The fraction of sp³-hybridized carbons (Fsp3) is 0.830. The maximum atomic E-state index is 12.9. The molecule has 0 aliphatic carbocycles. The van der Waals surface area contributed by atoms with Gasteiger partial charge in [-0.15, -0.1) is 0 Å². The Morgan fingerprint density at radius 3 is 1.42 bits per heavy atom. The molecule has 3 unspecified atom stereocenters. The van der Waals surface area contributed by atoms with Crippen molar-refractivity contribution in [3.63, 3.8) is 0 Å². The number of hydrogen-bond donors (Lipinski definition) is 3. The molecule has 0 bridgehead atoms. The molecular formula is C53H102N2O6P+. The molecule has 3 atom stereocenters. The minimum absolute atomic E-state index is 0.0545. The van der Waals surface area contributed by atoms with Gasteiger partial charge in [0.25, 0.3) is 0 Å². The van der Waals surface area contributed by atoms with Crippen molar-refractivity contribution in [3.8, 4) is 0 Å². The molecule has 62 heavy (non-hydrogen) atoms. The largest absolute Gasteiger partial charge is 0.472 e. The van der Waals surface area contributed by atoms with Gasteiger partial charge in [-0.1, -0.05) is 223 Å². The van der Waals surface area contributed by atoms with E-state index in [1.54, 1.807) is 6.08 Å². The molecule has 0 heterocycles. The molecule has 0 fully saturated rings. The number of amides is 1. The van der Waals surface area contributed by atoms with E-state index in [1.165, 1.54) is 148 Å². The molecule has 0 spiro atoms. The zero-order chi connectivity index (χ0) is 45.7. The van der Waals surface area contributed by atoms with E-state index in [0.29, 0.717) is 17.4 Å². The maximum Gasteiger partial charge on any atom is 0.472 e. The van der Waals surface area contributed by atoms with Gasteiger partial charge in [-0.05, 0) is 51.4 Å². The number of hydrogen-bond acceptors (Lipinski definition) is 5. The fourth-order valence-corrected chi connectivity index (χ4v) is 8.20. The Hall–Kier alpha value is -1.54. The van der Waals surface area contributed by atoms with Crippen LogP contribution in [-0.4, -0.2) is 73.4 Å². The third-order valence-corrected chi connectivity index (χ3v) is 12.5. The van der Waals surface area contributed by atoms with Crippen molar-refractivity contribution < 1.29 is 32.9 Å². The van der Waals surface area contributed by atoms with E-state index < -0.39 is 20.0 Å². The Morgan fingerprint density at radius 2 is 0.968 bits per heavy atom. The smallest absolute Gasteiger partial charge is 0.387 e. The lowest BCUT2D eigenvalue weighted by Crippen LogP contribution is -2.45. The van der Waals surface area contributed by atoms with Crippen molar-refractivity contribution in [1.82, 2.24) is 5.32 Å². The molecule has 3 N–H and O–H groups in total. The number of carbonyl (C=O) groups is 1. The van der Waals surface area contributed by atoms with Crippen LogP contribution in [0.4, 0.5) is 0 Å². The average Bonchev–Trinajstić information content (AvgIpc) is 3.23. The lowest BCUT2D eigenvalue weighted by atomic mass is 10.0. The third kappa shape index (κ3) is 46.5. The number of phosphoric acid groups is 1. The SMILES string of the molecule is CC/C=C\C/C=C\C/C=C\CCCCCC(=O)NC(COP(=O)(O)OCC[N+](C)(C)C)C(O)/C=C/CCCCCCCCCCCCCCCCCCCCCCCCCCC. The van der Waals surface area contributed by atoms with Gasteiger partial charge in [0.1, 0.15) is 13.2 Å². The van der Waals surface area contributed by atoms with E-state index in [9.17, 15) is 19.4 Å². The molecule has 0 saturated carbocycles. The van der Waals surface area contributed by atoms with Gasteiger partial charge in [-0.25, -0.2) is 4.57 Å². The number of nitrogens with zero attached hydrogens (tertiary/aromatic N) is 1. The van der Waals surface area contributed by atoms with Gasteiger partial charge in [0.15, 0.2) is 0 Å². The van der Waals surface area contributed by atoms with Gasteiger partial charge < -0.3 is 19.8 Å². The monoisotopic (exact) mass is 894 g/mol. The van der Waals surface area contributed by atoms with Crippen molar-refractivity contribution in [2.45, 2.75) is 244 Å². The Morgan fingerprint density at radius 1 is 0.565 bits per heavy atom. The molecule has 0 aromatic rings. The number of likely N-dealkylation sites (N-methyl/N-ethyl adjacent to an activating group) is 1. The molecule has 0 rings (SSSR count). The van der Waals surface area contributed by atoms with Crippen molar-refractivity contribution in [2.24, 2.45) is 0 Å². The topological polar surface area (TPSA) is 105 Å². The molecule has 0 saturated heterocycles. The van der Waals surface area contributed by atoms with Crippen LogP contribution in [0, 0.1) is 0 Å². The first-order valence-corrected chi connectivity index (χ1v) is 27.5. The van der Waals surface area contributed by atoms with Crippen molar-refractivity contribution in [1.29, 1.82) is 0 Å². The lowest BCUT2D eigenvalue weighted by Gasteiger charge is -2.25. The molecule has 8 nitrogen and oxygen atoms in total. The highest BCUT2D eigenvalue weighted by Gasteiger charge is 2.27. The van der Waals surface area contributed by atoms with Crippen LogP contribution >= 0.6 is 7.82 Å². The first-order chi connectivity index (χ1) is 30.0. The maximum absolute atomic E-state index is 12.9. The summed E-state index contributed by atoms with van der Waals surface area (Å²) < 4.78 is 23.6. The second-order valence-corrected chi connectivity index (χ2v) is 20.3. The van der Waals surface area contributed by atoms with Crippen molar-refractivity contribution in [2.75, 3.05) is 40.9 Å². The number of phosphoric ester groups is 1. The molecule has 0 aliphatic heterocycles. The highest BCUT2D eigenvalue weighted by atomic mass is 31.2. The molecule has 1 amide bonds. The third-order valence-electron chi connectivity index (χ3n) is 11.6. The van der Waals surface area contributed by atoms with Gasteiger partial charge in [0, 0.05) is 6.42 Å². The predicted molar refractivity (Wildman–Crippen MR) is 267 cm³/mol. The van der Waals surface area contributed by atoms with E-state index in [2.05, 4.69) is 55.6 Å². The van der Waals surface area contributed by atoms with Crippen LogP contribution < -0.4 is 5.32 Å². The fourth-order valence-electron chi connectivity index (χ4n) is 7.47. The minimum Gasteiger partial charge on any atom is -0.387 e. The van der Waals surface area contributed by atoms with Crippen molar-refractivity contribution >= 4 is 13.7 Å². The van der Waals surface area contributed by atoms with E-state index >= 15 is 0 Å². The van der Waals surface area contributed by atoms with Crippen LogP contribution in [-0.2, 0) is 18.4 Å². The number of rotatable bonds is 47. The Bertz CT molecular complexity index is 1150. The molecular weight excluding hydrogens is 792 g/mol. The summed E-state index contributed by atoms with van der Waals surface area (Å²) in [7, 11) is 1.55. The van der Waals surface area contributed by atoms with Crippen LogP contribution in [0.5, 0.6) is 0 Å².